The van der Waals surface area contributed by atoms with Crippen LogP contribution in [0.5, 0.6) is 0 Å². The maximum atomic E-state index is 13.3. The average Bonchev–Trinajstić information content (AvgIpc) is 3.02. The van der Waals surface area contributed by atoms with Crippen molar-refractivity contribution < 1.29 is 27.6 Å². The summed E-state index contributed by atoms with van der Waals surface area (Å²) in [4.78, 5) is 37.9. The Hall–Kier alpha value is -1.05. The lowest BCUT2D eigenvalue weighted by molar-refractivity contribution is -0.183. The second-order valence-electron chi connectivity index (χ2n) is 11.0. The Balaban J connectivity index is 1.38. The third-order valence-electron chi connectivity index (χ3n) is 9.49. The summed E-state index contributed by atoms with van der Waals surface area (Å²) in [5.41, 5.74) is -0.273. The van der Waals surface area contributed by atoms with Crippen LogP contribution < -0.4 is 0 Å². The third kappa shape index (κ3) is 3.92. The fraction of sp³-hybridized carbons (Fsp3) is 0.875. The van der Waals surface area contributed by atoms with Crippen molar-refractivity contribution in [1.82, 2.24) is 4.90 Å². The highest BCUT2D eigenvalue weighted by atomic mass is 32.2. The zero-order chi connectivity index (χ0) is 23.5. The van der Waals surface area contributed by atoms with Gasteiger partial charge in [-0.15, -0.1) is 0 Å². The van der Waals surface area contributed by atoms with E-state index in [1.165, 1.54) is 7.05 Å². The maximum absolute atomic E-state index is 13.3. The van der Waals surface area contributed by atoms with Crippen molar-refractivity contribution in [3.8, 4) is 0 Å². The minimum absolute atomic E-state index is 0.00555. The smallest absolute Gasteiger partial charge is 0.337 e. The molecule has 0 spiro atoms. The Kier molecular flexibility index (Phi) is 6.26. The Morgan fingerprint density at radius 2 is 1.84 bits per heavy atom. The Bertz CT molecular complexity index is 802. The number of alkyl halides is 3. The largest absolute Gasteiger partial charge is 0.471 e. The van der Waals surface area contributed by atoms with Gasteiger partial charge in [0.15, 0.2) is 0 Å². The Morgan fingerprint density at radius 1 is 1.12 bits per heavy atom. The number of carbonyl (C=O) groups excluding carboxylic acids is 3. The molecule has 7 atom stereocenters. The molecule has 0 saturated heterocycles. The van der Waals surface area contributed by atoms with Crippen LogP contribution in [0.4, 0.5) is 13.2 Å². The summed E-state index contributed by atoms with van der Waals surface area (Å²) in [6.07, 6.45) is 1.97. The van der Waals surface area contributed by atoms with Gasteiger partial charge in [-0.05, 0) is 61.7 Å². The molecular formula is C24H34F3NO3S. The Morgan fingerprint density at radius 3 is 2.53 bits per heavy atom. The van der Waals surface area contributed by atoms with Gasteiger partial charge in [0, 0.05) is 48.8 Å². The molecule has 4 nitrogen and oxygen atoms in total. The van der Waals surface area contributed by atoms with Crippen molar-refractivity contribution in [3.63, 3.8) is 0 Å². The van der Waals surface area contributed by atoms with Gasteiger partial charge in [-0.3, -0.25) is 14.4 Å². The van der Waals surface area contributed by atoms with E-state index >= 15 is 0 Å². The summed E-state index contributed by atoms with van der Waals surface area (Å²) in [5.74, 6) is 0.486. The van der Waals surface area contributed by atoms with Gasteiger partial charge in [-0.2, -0.15) is 24.9 Å². The number of fused-ring (bicyclic) bond motifs is 5. The van der Waals surface area contributed by atoms with Crippen LogP contribution in [0.2, 0.25) is 0 Å². The minimum atomic E-state index is -4.84. The van der Waals surface area contributed by atoms with E-state index in [9.17, 15) is 27.6 Å². The SMILES string of the molecule is CN(CCS[C@H]1CC[C@@]2(C)C(C1)C(=O)C[C@@H]1[C@@H]2CC[C@]2(C)C(=O)CC[C@@H]12)C(=O)C(F)(F)F. The molecule has 0 aliphatic heterocycles. The van der Waals surface area contributed by atoms with E-state index in [1.54, 1.807) is 11.8 Å². The molecule has 0 aromatic carbocycles. The summed E-state index contributed by atoms with van der Waals surface area (Å²) < 4.78 is 37.7. The summed E-state index contributed by atoms with van der Waals surface area (Å²) in [6.45, 7) is 4.45. The van der Waals surface area contributed by atoms with Crippen LogP contribution in [-0.4, -0.2) is 53.1 Å². The number of rotatable bonds is 4. The predicted molar refractivity (Wildman–Crippen MR) is 117 cm³/mol. The van der Waals surface area contributed by atoms with E-state index in [1.807, 2.05) is 0 Å². The zero-order valence-electron chi connectivity index (χ0n) is 19.2. The third-order valence-corrected chi connectivity index (χ3v) is 10.8. The van der Waals surface area contributed by atoms with Crippen molar-refractivity contribution >= 4 is 29.2 Å². The fourth-order valence-electron chi connectivity index (χ4n) is 7.60. The lowest BCUT2D eigenvalue weighted by Crippen LogP contribution is -2.56. The quantitative estimate of drug-likeness (QED) is 0.583. The molecule has 0 aromatic heterocycles. The molecule has 1 unspecified atom stereocenters. The van der Waals surface area contributed by atoms with Crippen LogP contribution in [0.1, 0.15) is 65.2 Å². The number of thioether (sulfide) groups is 1. The topological polar surface area (TPSA) is 54.5 Å². The van der Waals surface area contributed by atoms with Crippen molar-refractivity contribution in [1.29, 1.82) is 0 Å². The van der Waals surface area contributed by atoms with Crippen molar-refractivity contribution in [3.05, 3.63) is 0 Å². The summed E-state index contributed by atoms with van der Waals surface area (Å²) in [5, 5.41) is 0.241. The number of hydrogen-bond donors (Lipinski definition) is 0. The predicted octanol–water partition coefficient (Wildman–Crippen LogP) is 4.90. The van der Waals surface area contributed by atoms with Gasteiger partial charge in [0.1, 0.15) is 11.6 Å². The Labute approximate surface area is 192 Å². The average molecular weight is 474 g/mol. The van der Waals surface area contributed by atoms with Gasteiger partial charge in [-0.25, -0.2) is 0 Å². The molecule has 4 aliphatic carbocycles. The highest BCUT2D eigenvalue weighted by Gasteiger charge is 2.62. The molecule has 8 heteroatoms. The fourth-order valence-corrected chi connectivity index (χ4v) is 8.93. The van der Waals surface area contributed by atoms with Gasteiger partial charge in [-0.1, -0.05) is 13.8 Å². The molecule has 32 heavy (non-hydrogen) atoms. The zero-order valence-corrected chi connectivity index (χ0v) is 20.0. The molecule has 4 saturated carbocycles. The molecule has 0 N–H and O–H groups in total. The lowest BCUT2D eigenvalue weighted by Gasteiger charge is -2.59. The highest BCUT2D eigenvalue weighted by Crippen LogP contribution is 2.65. The second kappa shape index (κ2) is 8.31. The molecule has 4 fully saturated rings. The van der Waals surface area contributed by atoms with Crippen molar-refractivity contribution in [2.75, 3.05) is 19.3 Å². The van der Waals surface area contributed by atoms with E-state index in [0.29, 0.717) is 47.9 Å². The standard InChI is InChI=1S/C24H34F3NO3S/c1-22-8-6-14(32-11-10-28(3)21(31)24(25,26)27)12-18(22)19(29)13-15-16-4-5-20(30)23(16,2)9-7-17(15)22/h14-18H,4-13H2,1-3H3/t14-,15-,16-,17-,18?,22+,23-/m0/s1. The molecule has 4 rings (SSSR count). The molecule has 4 aliphatic rings. The van der Waals surface area contributed by atoms with Gasteiger partial charge in [0.25, 0.3) is 0 Å². The number of ketones is 2. The number of amides is 1. The number of Topliss-reactive ketones (excluding diaryl/α,β-unsaturated/α-hetero) is 2. The van der Waals surface area contributed by atoms with E-state index < -0.39 is 12.1 Å². The first kappa shape index (κ1) is 24.1. The van der Waals surface area contributed by atoms with Gasteiger partial charge in [0.05, 0.1) is 0 Å². The number of hydrogen-bond acceptors (Lipinski definition) is 4. The number of carbonyl (C=O) groups is 3. The maximum Gasteiger partial charge on any atom is 0.471 e. The summed E-state index contributed by atoms with van der Waals surface area (Å²) in [6, 6.07) is 0. The van der Waals surface area contributed by atoms with Crippen LogP contribution >= 0.6 is 11.8 Å². The molecule has 0 aromatic rings. The van der Waals surface area contributed by atoms with Crippen molar-refractivity contribution in [2.45, 2.75) is 76.6 Å². The van der Waals surface area contributed by atoms with Gasteiger partial charge in [0.2, 0.25) is 0 Å². The van der Waals surface area contributed by atoms with E-state index in [0.717, 1.165) is 43.4 Å². The van der Waals surface area contributed by atoms with Gasteiger partial charge < -0.3 is 4.90 Å². The van der Waals surface area contributed by atoms with Crippen LogP contribution in [-0.2, 0) is 14.4 Å². The molecule has 0 radical (unpaired) electrons. The normalized spacial score (nSPS) is 41.6. The van der Waals surface area contributed by atoms with Crippen LogP contribution in [0.25, 0.3) is 0 Å². The summed E-state index contributed by atoms with van der Waals surface area (Å²) >= 11 is 1.60. The van der Waals surface area contributed by atoms with E-state index in [4.69, 9.17) is 0 Å². The first-order chi connectivity index (χ1) is 14.9. The highest BCUT2D eigenvalue weighted by molar-refractivity contribution is 7.99. The molecule has 0 heterocycles. The molecular weight excluding hydrogens is 439 g/mol. The van der Waals surface area contributed by atoms with Gasteiger partial charge >= 0.3 is 12.1 Å². The van der Waals surface area contributed by atoms with Crippen LogP contribution in [0, 0.1) is 34.5 Å². The van der Waals surface area contributed by atoms with E-state index in [-0.39, 0.29) is 28.5 Å². The molecule has 1 amide bonds. The second-order valence-corrected chi connectivity index (χ2v) is 12.4. The van der Waals surface area contributed by atoms with Crippen LogP contribution in [0.15, 0.2) is 0 Å². The lowest BCUT2D eigenvalue weighted by atomic mass is 9.45. The number of halogens is 3. The minimum Gasteiger partial charge on any atom is -0.337 e. The molecule has 0 bridgehead atoms. The van der Waals surface area contributed by atoms with Crippen molar-refractivity contribution in [2.24, 2.45) is 34.5 Å². The summed E-state index contributed by atoms with van der Waals surface area (Å²) in [7, 11) is 1.18. The van der Waals surface area contributed by atoms with E-state index in [2.05, 4.69) is 13.8 Å². The molecule has 180 valence electrons. The monoisotopic (exact) mass is 473 g/mol. The first-order valence-corrected chi connectivity index (χ1v) is 12.9. The number of nitrogens with zero attached hydrogens (tertiary/aromatic N) is 1. The van der Waals surface area contributed by atoms with Crippen LogP contribution in [0.3, 0.4) is 0 Å². The first-order valence-electron chi connectivity index (χ1n) is 11.9.